The number of nitrogens with zero attached hydrogens (tertiary/aromatic N) is 1. The number of alkyl carbamates (subject to hydrolysis) is 1. The first kappa shape index (κ1) is 24.9. The number of carbonyl (C=O) groups is 2. The predicted octanol–water partition coefficient (Wildman–Crippen LogP) is 4.20. The van der Waals surface area contributed by atoms with Gasteiger partial charge < -0.3 is 19.9 Å². The summed E-state index contributed by atoms with van der Waals surface area (Å²) < 4.78 is 10.3. The largest absolute Gasteiger partial charge is 0.464 e. The van der Waals surface area contributed by atoms with E-state index in [1.54, 1.807) is 13.0 Å². The molecule has 0 fully saturated rings. The molecule has 0 saturated heterocycles. The number of amides is 1. The van der Waals surface area contributed by atoms with Crippen molar-refractivity contribution in [3.05, 3.63) is 93.2 Å². The number of nitrogens with one attached hydrogen (secondary N) is 1. The summed E-state index contributed by atoms with van der Waals surface area (Å²) in [4.78, 5) is 29.0. The first-order valence-electron chi connectivity index (χ1n) is 11.7. The van der Waals surface area contributed by atoms with Gasteiger partial charge in [-0.25, -0.2) is 9.59 Å². The van der Waals surface area contributed by atoms with E-state index in [0.29, 0.717) is 4.88 Å². The second-order valence-corrected chi connectivity index (χ2v) is 9.61. The van der Waals surface area contributed by atoms with Gasteiger partial charge in [-0.05, 0) is 42.2 Å². The van der Waals surface area contributed by atoms with Crippen LogP contribution in [0.2, 0.25) is 0 Å². The fourth-order valence-corrected chi connectivity index (χ4v) is 5.18. The van der Waals surface area contributed by atoms with Crippen molar-refractivity contribution in [2.45, 2.75) is 45.2 Å². The number of hydrogen-bond donors (Lipinski definition) is 2. The van der Waals surface area contributed by atoms with Crippen molar-refractivity contribution in [1.29, 1.82) is 0 Å². The van der Waals surface area contributed by atoms with Crippen molar-refractivity contribution in [2.24, 2.45) is 0 Å². The number of carbonyl (C=O) groups excluding carboxylic acids is 2. The number of aliphatic hydroxyl groups excluding tert-OH is 1. The van der Waals surface area contributed by atoms with E-state index in [1.165, 1.54) is 22.5 Å². The molecule has 2 N–H and O–H groups in total. The standard InChI is InChI=1S/C27H30N2O5S/c1-2-33-26(31)24(28-27(32)34-18-19-8-4-3-5-9-19)25(30)23-13-12-22(35-23)17-29-15-14-20-10-6-7-11-21(20)16-29/h3-13,24-25,30H,2,14-18H2,1H3,(H,28,32). The lowest BCUT2D eigenvalue weighted by Crippen LogP contribution is -2.46. The fraction of sp³-hybridized carbons (Fsp3) is 0.333. The molecule has 0 aliphatic carbocycles. The Hall–Kier alpha value is -3.20. The number of hydrogen-bond acceptors (Lipinski definition) is 7. The number of rotatable bonds is 9. The van der Waals surface area contributed by atoms with Crippen LogP contribution >= 0.6 is 11.3 Å². The van der Waals surface area contributed by atoms with Gasteiger partial charge in [0.25, 0.3) is 0 Å². The molecule has 0 saturated carbocycles. The van der Waals surface area contributed by atoms with Crippen molar-refractivity contribution in [2.75, 3.05) is 13.2 Å². The monoisotopic (exact) mass is 494 g/mol. The normalized spacial score (nSPS) is 15.0. The molecule has 0 radical (unpaired) electrons. The maximum atomic E-state index is 12.6. The van der Waals surface area contributed by atoms with Crippen molar-refractivity contribution in [1.82, 2.24) is 10.2 Å². The molecule has 35 heavy (non-hydrogen) atoms. The van der Waals surface area contributed by atoms with Crippen LogP contribution in [-0.4, -0.2) is 41.3 Å². The fourth-order valence-electron chi connectivity index (χ4n) is 4.10. The zero-order valence-corrected chi connectivity index (χ0v) is 20.5. The molecule has 2 heterocycles. The molecule has 1 aliphatic heterocycles. The quantitative estimate of drug-likeness (QED) is 0.434. The van der Waals surface area contributed by atoms with Gasteiger partial charge >= 0.3 is 12.1 Å². The van der Waals surface area contributed by atoms with Gasteiger partial charge in [-0.2, -0.15) is 0 Å². The lowest BCUT2D eigenvalue weighted by Gasteiger charge is -2.28. The molecule has 2 atom stereocenters. The van der Waals surface area contributed by atoms with E-state index in [9.17, 15) is 14.7 Å². The Morgan fingerprint density at radius 2 is 1.77 bits per heavy atom. The lowest BCUT2D eigenvalue weighted by molar-refractivity contribution is -0.148. The van der Waals surface area contributed by atoms with Crippen LogP contribution in [0.25, 0.3) is 0 Å². The molecular formula is C27H30N2O5S. The maximum Gasteiger partial charge on any atom is 0.408 e. The predicted molar refractivity (Wildman–Crippen MR) is 134 cm³/mol. The van der Waals surface area contributed by atoms with Crippen LogP contribution in [0, 0.1) is 0 Å². The van der Waals surface area contributed by atoms with E-state index in [0.717, 1.165) is 36.5 Å². The molecule has 1 aromatic heterocycles. The first-order valence-corrected chi connectivity index (χ1v) is 12.5. The second-order valence-electron chi connectivity index (χ2n) is 8.41. The maximum absolute atomic E-state index is 12.6. The van der Waals surface area contributed by atoms with Gasteiger partial charge in [-0.15, -0.1) is 11.3 Å². The van der Waals surface area contributed by atoms with Crippen LogP contribution in [0.4, 0.5) is 4.79 Å². The van der Waals surface area contributed by atoms with Gasteiger partial charge in [0.1, 0.15) is 12.7 Å². The average molecular weight is 495 g/mol. The summed E-state index contributed by atoms with van der Waals surface area (Å²) in [5.41, 5.74) is 3.56. The summed E-state index contributed by atoms with van der Waals surface area (Å²) in [5, 5.41) is 13.5. The Labute approximate surface area is 209 Å². The van der Waals surface area contributed by atoms with E-state index >= 15 is 0 Å². The summed E-state index contributed by atoms with van der Waals surface area (Å²) in [7, 11) is 0. The summed E-state index contributed by atoms with van der Waals surface area (Å²) >= 11 is 1.43. The van der Waals surface area contributed by atoms with E-state index in [4.69, 9.17) is 9.47 Å². The van der Waals surface area contributed by atoms with Crippen LogP contribution in [0.15, 0.2) is 66.7 Å². The lowest BCUT2D eigenvalue weighted by atomic mass is 10.00. The molecule has 0 spiro atoms. The number of esters is 1. The SMILES string of the molecule is CCOC(=O)C(NC(=O)OCc1ccccc1)C(O)c1ccc(CN2CCc3ccccc3C2)s1. The van der Waals surface area contributed by atoms with Crippen LogP contribution in [-0.2, 0) is 40.4 Å². The third-order valence-corrected chi connectivity index (χ3v) is 7.05. The van der Waals surface area contributed by atoms with Gasteiger partial charge in [0.2, 0.25) is 0 Å². The van der Waals surface area contributed by atoms with Gasteiger partial charge in [0.05, 0.1) is 6.61 Å². The van der Waals surface area contributed by atoms with E-state index < -0.39 is 24.2 Å². The van der Waals surface area contributed by atoms with Crippen LogP contribution in [0.1, 0.15) is 39.5 Å². The Morgan fingerprint density at radius 3 is 2.54 bits per heavy atom. The van der Waals surface area contributed by atoms with Crippen LogP contribution in [0.5, 0.6) is 0 Å². The third kappa shape index (κ3) is 6.69. The Morgan fingerprint density at radius 1 is 1.03 bits per heavy atom. The molecule has 7 nitrogen and oxygen atoms in total. The number of aliphatic hydroxyl groups is 1. The minimum Gasteiger partial charge on any atom is -0.464 e. The smallest absolute Gasteiger partial charge is 0.408 e. The van der Waals surface area contributed by atoms with E-state index in [-0.39, 0.29) is 13.2 Å². The third-order valence-electron chi connectivity index (χ3n) is 5.91. The molecular weight excluding hydrogens is 464 g/mol. The number of fused-ring (bicyclic) bond motifs is 1. The number of thiophene rings is 1. The van der Waals surface area contributed by atoms with E-state index in [2.05, 4.69) is 34.5 Å². The van der Waals surface area contributed by atoms with Crippen molar-refractivity contribution >= 4 is 23.4 Å². The molecule has 8 heteroatoms. The van der Waals surface area contributed by atoms with Gasteiger partial charge in [-0.1, -0.05) is 54.6 Å². The molecule has 1 amide bonds. The zero-order valence-electron chi connectivity index (χ0n) is 19.7. The molecule has 4 rings (SSSR count). The van der Waals surface area contributed by atoms with Gasteiger partial charge in [-0.3, -0.25) is 4.90 Å². The second kappa shape index (κ2) is 12.0. The summed E-state index contributed by atoms with van der Waals surface area (Å²) in [6.45, 7) is 4.46. The highest BCUT2D eigenvalue weighted by Crippen LogP contribution is 2.29. The molecule has 2 unspecified atom stereocenters. The highest BCUT2D eigenvalue weighted by molar-refractivity contribution is 7.12. The Bertz CT molecular complexity index is 1130. The minimum absolute atomic E-state index is 0.0560. The van der Waals surface area contributed by atoms with Gasteiger partial charge in [0, 0.05) is 29.4 Å². The Kier molecular flexibility index (Phi) is 8.52. The van der Waals surface area contributed by atoms with Gasteiger partial charge in [0.15, 0.2) is 6.04 Å². The number of benzene rings is 2. The molecule has 3 aromatic rings. The van der Waals surface area contributed by atoms with Crippen LogP contribution in [0.3, 0.4) is 0 Å². The summed E-state index contributed by atoms with van der Waals surface area (Å²) in [6, 6.07) is 20.2. The van der Waals surface area contributed by atoms with E-state index in [1.807, 2.05) is 36.4 Å². The highest BCUT2D eigenvalue weighted by atomic mass is 32.1. The first-order chi connectivity index (χ1) is 17.0. The average Bonchev–Trinajstić information content (AvgIpc) is 3.35. The minimum atomic E-state index is -1.27. The zero-order chi connectivity index (χ0) is 24.6. The molecule has 184 valence electrons. The van der Waals surface area contributed by atoms with Crippen LogP contribution < -0.4 is 5.32 Å². The van der Waals surface area contributed by atoms with Crippen molar-refractivity contribution in [3.63, 3.8) is 0 Å². The highest BCUT2D eigenvalue weighted by Gasteiger charge is 2.32. The molecule has 1 aliphatic rings. The van der Waals surface area contributed by atoms with Crippen molar-refractivity contribution in [3.8, 4) is 0 Å². The summed E-state index contributed by atoms with van der Waals surface area (Å²) in [5.74, 6) is -0.709. The Balaban J connectivity index is 1.38. The molecule has 2 aromatic carbocycles. The number of ether oxygens (including phenoxy) is 2. The molecule has 0 bridgehead atoms. The summed E-state index contributed by atoms with van der Waals surface area (Å²) in [6.07, 6.45) is -1.04. The van der Waals surface area contributed by atoms with Crippen molar-refractivity contribution < 1.29 is 24.2 Å². The topological polar surface area (TPSA) is 88.1 Å².